The molecule has 2 unspecified atom stereocenters. The molecule has 0 aromatic heterocycles. The van der Waals surface area contributed by atoms with Crippen molar-refractivity contribution in [2.45, 2.75) is 64.6 Å². The van der Waals surface area contributed by atoms with Gasteiger partial charge in [0.05, 0.1) is 0 Å². The van der Waals surface area contributed by atoms with Crippen LogP contribution in [0.25, 0.3) is 0 Å². The predicted molar refractivity (Wildman–Crippen MR) is 69.6 cm³/mol. The highest BCUT2D eigenvalue weighted by Gasteiger charge is 2.39. The molecule has 0 aromatic carbocycles. The molecule has 0 aromatic rings. The smallest absolute Gasteiger partial charge is 0.0171 e. The van der Waals surface area contributed by atoms with E-state index in [9.17, 15) is 0 Å². The minimum Gasteiger partial charge on any atom is -0.314 e. The minimum absolute atomic E-state index is 0.783. The van der Waals surface area contributed by atoms with Crippen LogP contribution in [0.3, 0.4) is 0 Å². The van der Waals surface area contributed by atoms with Crippen LogP contribution in [-0.2, 0) is 0 Å². The molecule has 2 saturated heterocycles. The van der Waals surface area contributed by atoms with Gasteiger partial charge in [0, 0.05) is 24.7 Å². The zero-order chi connectivity index (χ0) is 11.5. The van der Waals surface area contributed by atoms with Crippen LogP contribution in [0.15, 0.2) is 11.6 Å². The average Bonchev–Trinajstić information content (AvgIpc) is 2.46. The maximum absolute atomic E-state index is 3.63. The number of fused-ring (bicyclic) bond motifs is 2. The maximum Gasteiger partial charge on any atom is 0.0171 e. The number of nitrogens with one attached hydrogen (secondary N) is 1. The monoisotopic (exact) mass is 222 g/mol. The number of piperidine rings is 1. The van der Waals surface area contributed by atoms with Gasteiger partial charge in [0.25, 0.3) is 0 Å². The molecule has 2 heteroatoms. The van der Waals surface area contributed by atoms with Gasteiger partial charge in [-0.1, -0.05) is 18.6 Å². The quantitative estimate of drug-likeness (QED) is 0.735. The van der Waals surface area contributed by atoms with Crippen molar-refractivity contribution in [2.75, 3.05) is 13.1 Å². The van der Waals surface area contributed by atoms with E-state index in [4.69, 9.17) is 0 Å². The van der Waals surface area contributed by atoms with Crippen molar-refractivity contribution < 1.29 is 0 Å². The SMILES string of the molecule is CCNC1CC2CCC(C1)N2CC=C(C)C. The van der Waals surface area contributed by atoms with Crippen LogP contribution in [0.5, 0.6) is 0 Å². The molecule has 2 fully saturated rings. The molecule has 1 N–H and O–H groups in total. The third kappa shape index (κ3) is 2.67. The molecule has 16 heavy (non-hydrogen) atoms. The van der Waals surface area contributed by atoms with Gasteiger partial charge in [0.1, 0.15) is 0 Å². The molecule has 0 radical (unpaired) electrons. The zero-order valence-corrected chi connectivity index (χ0v) is 11.0. The number of rotatable bonds is 4. The molecule has 2 rings (SSSR count). The van der Waals surface area contributed by atoms with E-state index in [0.29, 0.717) is 0 Å². The van der Waals surface area contributed by atoms with Crippen LogP contribution in [0, 0.1) is 0 Å². The van der Waals surface area contributed by atoms with Crippen molar-refractivity contribution in [3.05, 3.63) is 11.6 Å². The Balaban J connectivity index is 1.92. The molecular formula is C14H26N2. The first-order valence-electron chi connectivity index (χ1n) is 6.83. The Morgan fingerprint density at radius 1 is 1.25 bits per heavy atom. The van der Waals surface area contributed by atoms with Crippen molar-refractivity contribution in [1.29, 1.82) is 0 Å². The van der Waals surface area contributed by atoms with Gasteiger partial charge < -0.3 is 5.32 Å². The van der Waals surface area contributed by atoms with Gasteiger partial charge in [0.2, 0.25) is 0 Å². The van der Waals surface area contributed by atoms with Gasteiger partial charge in [-0.05, 0) is 46.1 Å². The molecule has 0 saturated carbocycles. The second kappa shape index (κ2) is 5.33. The fourth-order valence-corrected chi connectivity index (χ4v) is 3.32. The van der Waals surface area contributed by atoms with Crippen molar-refractivity contribution in [1.82, 2.24) is 10.2 Å². The summed E-state index contributed by atoms with van der Waals surface area (Å²) in [6, 6.07) is 2.47. The number of nitrogens with zero attached hydrogens (tertiary/aromatic N) is 1. The molecule has 2 aliphatic heterocycles. The van der Waals surface area contributed by atoms with E-state index in [-0.39, 0.29) is 0 Å². The van der Waals surface area contributed by atoms with Gasteiger partial charge in [-0.3, -0.25) is 4.90 Å². The molecule has 2 bridgehead atoms. The second-order valence-electron chi connectivity index (χ2n) is 5.59. The second-order valence-corrected chi connectivity index (χ2v) is 5.59. The summed E-state index contributed by atoms with van der Waals surface area (Å²) in [6.45, 7) is 8.92. The van der Waals surface area contributed by atoms with Gasteiger partial charge in [-0.15, -0.1) is 0 Å². The summed E-state index contributed by atoms with van der Waals surface area (Å²) in [6.07, 6.45) is 7.95. The molecular weight excluding hydrogens is 196 g/mol. The van der Waals surface area contributed by atoms with Crippen LogP contribution < -0.4 is 5.32 Å². The van der Waals surface area contributed by atoms with Crippen LogP contribution in [0.2, 0.25) is 0 Å². The normalized spacial score (nSPS) is 34.1. The lowest BCUT2D eigenvalue weighted by Gasteiger charge is -2.38. The van der Waals surface area contributed by atoms with Gasteiger partial charge >= 0.3 is 0 Å². The highest BCUT2D eigenvalue weighted by atomic mass is 15.2. The Kier molecular flexibility index (Phi) is 4.04. The summed E-state index contributed by atoms with van der Waals surface area (Å²) >= 11 is 0. The molecule has 2 aliphatic rings. The van der Waals surface area contributed by atoms with Gasteiger partial charge in [-0.25, -0.2) is 0 Å². The lowest BCUT2D eigenvalue weighted by molar-refractivity contribution is 0.132. The number of hydrogen-bond donors (Lipinski definition) is 1. The van der Waals surface area contributed by atoms with E-state index in [1.165, 1.54) is 37.8 Å². The molecule has 92 valence electrons. The Hall–Kier alpha value is -0.340. The van der Waals surface area contributed by atoms with Crippen molar-refractivity contribution in [3.8, 4) is 0 Å². The summed E-state index contributed by atoms with van der Waals surface area (Å²) in [5.41, 5.74) is 1.45. The average molecular weight is 222 g/mol. The number of hydrogen-bond acceptors (Lipinski definition) is 2. The highest BCUT2D eigenvalue weighted by molar-refractivity contribution is 5.02. The summed E-state index contributed by atoms with van der Waals surface area (Å²) in [5.74, 6) is 0. The Labute approximate surface area is 100 Å². The van der Waals surface area contributed by atoms with Crippen molar-refractivity contribution in [2.24, 2.45) is 0 Å². The van der Waals surface area contributed by atoms with Crippen molar-refractivity contribution >= 4 is 0 Å². The van der Waals surface area contributed by atoms with Crippen molar-refractivity contribution in [3.63, 3.8) is 0 Å². The summed E-state index contributed by atoms with van der Waals surface area (Å²) in [4.78, 5) is 2.74. The molecule has 0 aliphatic carbocycles. The third-order valence-corrected chi connectivity index (χ3v) is 4.09. The first-order valence-corrected chi connectivity index (χ1v) is 6.83. The predicted octanol–water partition coefficient (Wildman–Crippen LogP) is 2.56. The summed E-state index contributed by atoms with van der Waals surface area (Å²) in [7, 11) is 0. The molecule has 0 spiro atoms. The minimum atomic E-state index is 0.783. The molecule has 0 amide bonds. The maximum atomic E-state index is 3.63. The third-order valence-electron chi connectivity index (χ3n) is 4.09. The first kappa shape index (κ1) is 12.1. The number of allylic oxidation sites excluding steroid dienone is 1. The van der Waals surface area contributed by atoms with E-state index in [2.05, 4.69) is 37.1 Å². The zero-order valence-electron chi connectivity index (χ0n) is 11.0. The summed E-state index contributed by atoms with van der Waals surface area (Å²) < 4.78 is 0. The highest BCUT2D eigenvalue weighted by Crippen LogP contribution is 2.35. The van der Waals surface area contributed by atoms with Gasteiger partial charge in [0.15, 0.2) is 0 Å². The lowest BCUT2D eigenvalue weighted by Crippen LogP contribution is -2.49. The fourth-order valence-electron chi connectivity index (χ4n) is 3.32. The molecule has 2 atom stereocenters. The standard InChI is InChI=1S/C14H26N2/c1-4-15-12-9-13-5-6-14(10-12)16(13)8-7-11(2)3/h7,12-15H,4-6,8-10H2,1-3H3. The van der Waals surface area contributed by atoms with E-state index < -0.39 is 0 Å². The summed E-state index contributed by atoms with van der Waals surface area (Å²) in [5, 5.41) is 3.63. The molecule has 2 heterocycles. The van der Waals surface area contributed by atoms with E-state index in [1.54, 1.807) is 0 Å². The van der Waals surface area contributed by atoms with Crippen LogP contribution >= 0.6 is 0 Å². The molecule has 2 nitrogen and oxygen atoms in total. The van der Waals surface area contributed by atoms with E-state index in [1.807, 2.05) is 0 Å². The van der Waals surface area contributed by atoms with Crippen LogP contribution in [0.4, 0.5) is 0 Å². The van der Waals surface area contributed by atoms with E-state index >= 15 is 0 Å². The Morgan fingerprint density at radius 3 is 2.38 bits per heavy atom. The van der Waals surface area contributed by atoms with Crippen LogP contribution in [-0.4, -0.2) is 36.1 Å². The largest absolute Gasteiger partial charge is 0.314 e. The van der Waals surface area contributed by atoms with Gasteiger partial charge in [-0.2, -0.15) is 0 Å². The van der Waals surface area contributed by atoms with Crippen LogP contribution in [0.1, 0.15) is 46.5 Å². The topological polar surface area (TPSA) is 15.3 Å². The fraction of sp³-hybridized carbons (Fsp3) is 0.857. The lowest BCUT2D eigenvalue weighted by atomic mass is 9.97. The van der Waals surface area contributed by atoms with E-state index in [0.717, 1.165) is 24.7 Å². The Morgan fingerprint density at radius 2 is 1.88 bits per heavy atom. The first-order chi connectivity index (χ1) is 7.70. The Bertz CT molecular complexity index is 241.